The van der Waals surface area contributed by atoms with E-state index in [1.54, 1.807) is 12.1 Å². The number of nitrogens with zero attached hydrogens (tertiary/aromatic N) is 3. The summed E-state index contributed by atoms with van der Waals surface area (Å²) in [7, 11) is -1.83. The van der Waals surface area contributed by atoms with Crippen molar-refractivity contribution >= 4 is 21.8 Å². The molecule has 142 valence electrons. The van der Waals surface area contributed by atoms with Crippen LogP contribution in [0.2, 0.25) is 0 Å². The third-order valence-electron chi connectivity index (χ3n) is 4.77. The number of carbonyl (C=O) groups excluding carboxylic acids is 2. The van der Waals surface area contributed by atoms with E-state index in [9.17, 15) is 18.0 Å². The van der Waals surface area contributed by atoms with E-state index in [0.717, 1.165) is 39.1 Å². The van der Waals surface area contributed by atoms with Crippen LogP contribution in [0.1, 0.15) is 16.8 Å². The molecule has 2 aliphatic rings. The molecule has 0 radical (unpaired) electrons. The summed E-state index contributed by atoms with van der Waals surface area (Å²) in [6.45, 7) is 4.99. The number of benzene rings is 1. The zero-order valence-electron chi connectivity index (χ0n) is 14.8. The van der Waals surface area contributed by atoms with Gasteiger partial charge in [0.15, 0.2) is 0 Å². The fourth-order valence-corrected chi connectivity index (χ4v) is 4.70. The van der Waals surface area contributed by atoms with Crippen molar-refractivity contribution in [1.29, 1.82) is 0 Å². The molecule has 1 aromatic rings. The minimum atomic E-state index is -3.93. The summed E-state index contributed by atoms with van der Waals surface area (Å²) < 4.78 is 25.5. The smallest absolute Gasteiger partial charge is 0.269 e. The van der Waals surface area contributed by atoms with E-state index in [4.69, 9.17) is 0 Å². The van der Waals surface area contributed by atoms with E-state index in [0.29, 0.717) is 10.8 Å². The molecule has 1 saturated heterocycles. The lowest BCUT2D eigenvalue weighted by Gasteiger charge is -2.32. The molecule has 26 heavy (non-hydrogen) atoms. The molecule has 3 rings (SSSR count). The normalized spacial score (nSPS) is 20.2. The molecular formula is C17H24N4O4S. The third-order valence-corrected chi connectivity index (χ3v) is 6.56. The van der Waals surface area contributed by atoms with Crippen molar-refractivity contribution in [2.45, 2.75) is 11.3 Å². The van der Waals surface area contributed by atoms with Gasteiger partial charge in [-0.3, -0.25) is 9.59 Å². The Morgan fingerprint density at radius 3 is 2.54 bits per heavy atom. The first-order valence-corrected chi connectivity index (χ1v) is 10.2. The zero-order valence-corrected chi connectivity index (χ0v) is 15.7. The predicted octanol–water partition coefficient (Wildman–Crippen LogP) is -0.415. The largest absolute Gasteiger partial charge is 0.354 e. The second-order valence-electron chi connectivity index (χ2n) is 6.66. The van der Waals surface area contributed by atoms with Gasteiger partial charge in [-0.2, -0.15) is 0 Å². The Morgan fingerprint density at radius 2 is 1.85 bits per heavy atom. The quantitative estimate of drug-likeness (QED) is 0.675. The van der Waals surface area contributed by atoms with Gasteiger partial charge in [-0.1, -0.05) is 12.1 Å². The van der Waals surface area contributed by atoms with Crippen molar-refractivity contribution in [3.05, 3.63) is 29.8 Å². The second kappa shape index (κ2) is 7.73. The van der Waals surface area contributed by atoms with E-state index in [1.165, 1.54) is 12.1 Å². The van der Waals surface area contributed by atoms with Crippen molar-refractivity contribution < 1.29 is 18.0 Å². The number of piperazine rings is 1. The lowest BCUT2D eigenvalue weighted by Crippen LogP contribution is -2.45. The highest BCUT2D eigenvalue weighted by atomic mass is 32.2. The van der Waals surface area contributed by atoms with E-state index in [2.05, 4.69) is 22.2 Å². The van der Waals surface area contributed by atoms with Gasteiger partial charge in [-0.05, 0) is 32.1 Å². The van der Waals surface area contributed by atoms with Gasteiger partial charge < -0.3 is 15.1 Å². The second-order valence-corrected chi connectivity index (χ2v) is 8.49. The molecule has 0 saturated carbocycles. The summed E-state index contributed by atoms with van der Waals surface area (Å²) in [5, 5.41) is 2.71. The summed E-state index contributed by atoms with van der Waals surface area (Å²) in [6.07, 6.45) is 0.788. The van der Waals surface area contributed by atoms with E-state index < -0.39 is 28.4 Å². The number of carbonyl (C=O) groups is 2. The van der Waals surface area contributed by atoms with Crippen LogP contribution in [0.15, 0.2) is 29.2 Å². The van der Waals surface area contributed by atoms with Crippen LogP contribution in [0.3, 0.4) is 0 Å². The number of fused-ring (bicyclic) bond motifs is 1. The monoisotopic (exact) mass is 380 g/mol. The fourth-order valence-electron chi connectivity index (χ4n) is 3.18. The van der Waals surface area contributed by atoms with Crippen molar-refractivity contribution in [3.63, 3.8) is 0 Å². The molecule has 1 N–H and O–H groups in total. The van der Waals surface area contributed by atoms with Gasteiger partial charge in [-0.25, -0.2) is 12.7 Å². The number of likely N-dealkylation sites (N-methyl/N-ethyl adjacent to an activating group) is 1. The van der Waals surface area contributed by atoms with Gasteiger partial charge in [0.2, 0.25) is 5.91 Å². The fraction of sp³-hybridized carbons (Fsp3) is 0.529. The van der Waals surface area contributed by atoms with Crippen LogP contribution in [0, 0.1) is 0 Å². The van der Waals surface area contributed by atoms with Crippen LogP contribution in [0.25, 0.3) is 0 Å². The van der Waals surface area contributed by atoms with Crippen LogP contribution >= 0.6 is 0 Å². The highest BCUT2D eigenvalue weighted by Gasteiger charge is 2.41. The van der Waals surface area contributed by atoms with E-state index in [1.807, 2.05) is 0 Å². The Bertz CT molecular complexity index is 788. The number of amides is 2. The van der Waals surface area contributed by atoms with Gasteiger partial charge in [-0.15, -0.1) is 0 Å². The number of hydrogen-bond donors (Lipinski definition) is 1. The minimum absolute atomic E-state index is 0.0344. The first kappa shape index (κ1) is 18.8. The first-order valence-electron chi connectivity index (χ1n) is 8.73. The summed E-state index contributed by atoms with van der Waals surface area (Å²) in [5.41, 5.74) is 0.121. The highest BCUT2D eigenvalue weighted by Crippen LogP contribution is 2.29. The first-order chi connectivity index (χ1) is 12.4. The molecule has 8 nitrogen and oxygen atoms in total. The van der Waals surface area contributed by atoms with Gasteiger partial charge in [0.05, 0.1) is 5.56 Å². The maximum Gasteiger partial charge on any atom is 0.269 e. The van der Waals surface area contributed by atoms with Crippen molar-refractivity contribution in [1.82, 2.24) is 19.4 Å². The Hall–Kier alpha value is -1.97. The molecule has 9 heteroatoms. The van der Waals surface area contributed by atoms with Crippen LogP contribution in [-0.2, 0) is 14.8 Å². The highest BCUT2D eigenvalue weighted by molar-refractivity contribution is 7.90. The van der Waals surface area contributed by atoms with Crippen LogP contribution in [-0.4, -0.2) is 87.2 Å². The average Bonchev–Trinajstić information content (AvgIpc) is 2.81. The molecule has 2 amide bonds. The maximum absolute atomic E-state index is 12.4. The molecule has 0 aliphatic carbocycles. The third kappa shape index (κ3) is 3.89. The van der Waals surface area contributed by atoms with Gasteiger partial charge in [0.25, 0.3) is 15.9 Å². The summed E-state index contributed by atoms with van der Waals surface area (Å²) >= 11 is 0. The lowest BCUT2D eigenvalue weighted by atomic mass is 10.2. The van der Waals surface area contributed by atoms with Gasteiger partial charge in [0.1, 0.15) is 11.4 Å². The van der Waals surface area contributed by atoms with Crippen LogP contribution in [0.4, 0.5) is 0 Å². The standard InChI is InChI=1S/C17H24N4O4S/c1-19-9-11-20(12-10-19)8-4-7-18-16(22)13-21-17(23)14-5-2-3-6-15(14)26(21,24)25/h2-3,5-6H,4,7-13H2,1H3,(H,18,22). The maximum atomic E-state index is 12.4. The summed E-state index contributed by atoms with van der Waals surface area (Å²) in [4.78, 5) is 28.9. The summed E-state index contributed by atoms with van der Waals surface area (Å²) in [5.74, 6) is -1.11. The van der Waals surface area contributed by atoms with Crippen LogP contribution < -0.4 is 5.32 Å². The molecule has 2 aliphatic heterocycles. The molecule has 0 bridgehead atoms. The van der Waals surface area contributed by atoms with Crippen molar-refractivity contribution in [2.24, 2.45) is 0 Å². The molecular weight excluding hydrogens is 356 g/mol. The van der Waals surface area contributed by atoms with E-state index >= 15 is 0 Å². The number of rotatable bonds is 6. The Labute approximate surface area is 153 Å². The predicted molar refractivity (Wildman–Crippen MR) is 96.2 cm³/mol. The Balaban J connectivity index is 1.46. The van der Waals surface area contributed by atoms with Crippen molar-refractivity contribution in [3.8, 4) is 0 Å². The molecule has 0 unspecified atom stereocenters. The molecule has 0 spiro atoms. The van der Waals surface area contributed by atoms with E-state index in [-0.39, 0.29) is 10.5 Å². The molecule has 0 atom stereocenters. The van der Waals surface area contributed by atoms with Gasteiger partial charge >= 0.3 is 0 Å². The van der Waals surface area contributed by atoms with Crippen molar-refractivity contribution in [2.75, 3.05) is 52.9 Å². The Morgan fingerprint density at radius 1 is 1.15 bits per heavy atom. The minimum Gasteiger partial charge on any atom is -0.354 e. The Kier molecular flexibility index (Phi) is 5.59. The average molecular weight is 380 g/mol. The number of nitrogens with one attached hydrogen (secondary N) is 1. The molecule has 2 heterocycles. The molecule has 0 aromatic heterocycles. The lowest BCUT2D eigenvalue weighted by molar-refractivity contribution is -0.121. The van der Waals surface area contributed by atoms with Gasteiger partial charge in [0, 0.05) is 32.7 Å². The number of hydrogen-bond acceptors (Lipinski definition) is 6. The summed E-state index contributed by atoms with van der Waals surface area (Å²) in [6, 6.07) is 6.01. The van der Waals surface area contributed by atoms with Crippen LogP contribution in [0.5, 0.6) is 0 Å². The molecule has 1 fully saturated rings. The topological polar surface area (TPSA) is 90.0 Å². The SMILES string of the molecule is CN1CCN(CCCNC(=O)CN2C(=O)c3ccccc3S2(=O)=O)CC1. The number of sulfonamides is 1. The molecule has 1 aromatic carbocycles. The zero-order chi connectivity index (χ0) is 18.7.